The van der Waals surface area contributed by atoms with E-state index in [1.54, 1.807) is 24.4 Å². The zero-order chi connectivity index (χ0) is 12.5. The molecule has 0 amide bonds. The minimum Gasteiger partial charge on any atom is -0.455 e. The van der Waals surface area contributed by atoms with Crippen LogP contribution in [-0.4, -0.2) is 5.16 Å². The molecule has 0 bridgehead atoms. The lowest BCUT2D eigenvalue weighted by molar-refractivity contribution is 0.456. The zero-order valence-corrected chi connectivity index (χ0v) is 10.0. The Balaban J connectivity index is 2.03. The zero-order valence-electron chi connectivity index (χ0n) is 9.26. The summed E-state index contributed by atoms with van der Waals surface area (Å²) in [6.07, 6.45) is 1.61. The number of hydrogen-bond acceptors (Lipinski definition) is 4. The van der Waals surface area contributed by atoms with E-state index >= 15 is 0 Å². The van der Waals surface area contributed by atoms with Crippen molar-refractivity contribution in [3.05, 3.63) is 47.6 Å². The minimum atomic E-state index is 0.462. The van der Waals surface area contributed by atoms with Crippen molar-refractivity contribution in [1.82, 2.24) is 5.16 Å². The Kier molecular flexibility index (Phi) is 2.57. The van der Waals surface area contributed by atoms with Crippen LogP contribution >= 0.6 is 11.6 Å². The maximum atomic E-state index is 6.06. The molecule has 0 spiro atoms. The number of aromatic nitrogens is 1. The first-order chi connectivity index (χ1) is 8.74. The van der Waals surface area contributed by atoms with Gasteiger partial charge in [-0.25, -0.2) is 0 Å². The average molecular weight is 261 g/mol. The van der Waals surface area contributed by atoms with E-state index < -0.39 is 0 Å². The van der Waals surface area contributed by atoms with E-state index in [4.69, 9.17) is 26.6 Å². The summed E-state index contributed by atoms with van der Waals surface area (Å²) in [5.74, 6) is 1.18. The van der Waals surface area contributed by atoms with E-state index in [2.05, 4.69) is 5.16 Å². The highest BCUT2D eigenvalue weighted by Gasteiger charge is 2.09. The van der Waals surface area contributed by atoms with Gasteiger partial charge in [-0.3, -0.25) is 0 Å². The monoisotopic (exact) mass is 260 g/mol. The van der Waals surface area contributed by atoms with Crippen LogP contribution in [0, 0.1) is 0 Å². The molecule has 0 aliphatic heterocycles. The van der Waals surface area contributed by atoms with Crippen molar-refractivity contribution in [2.45, 2.75) is 0 Å². The highest BCUT2D eigenvalue weighted by atomic mass is 35.5. The normalized spacial score (nSPS) is 10.7. The minimum absolute atomic E-state index is 0.462. The third-order valence-electron chi connectivity index (χ3n) is 2.53. The molecule has 0 fully saturated rings. The van der Waals surface area contributed by atoms with Crippen molar-refractivity contribution in [3.63, 3.8) is 0 Å². The van der Waals surface area contributed by atoms with Gasteiger partial charge in [-0.15, -0.1) is 0 Å². The Morgan fingerprint density at radius 1 is 1.17 bits per heavy atom. The molecule has 0 aliphatic carbocycles. The predicted octanol–water partition coefficient (Wildman–Crippen LogP) is 3.86. The highest BCUT2D eigenvalue weighted by molar-refractivity contribution is 6.32. The van der Waals surface area contributed by atoms with Crippen molar-refractivity contribution in [1.29, 1.82) is 0 Å². The summed E-state index contributed by atoms with van der Waals surface area (Å²) in [5, 5.41) is 4.99. The largest absolute Gasteiger partial charge is 0.455 e. The second-order valence-corrected chi connectivity index (χ2v) is 4.19. The van der Waals surface area contributed by atoms with Gasteiger partial charge in [0, 0.05) is 5.69 Å². The van der Waals surface area contributed by atoms with Gasteiger partial charge in [0.15, 0.2) is 5.58 Å². The summed E-state index contributed by atoms with van der Waals surface area (Å²) in [4.78, 5) is 0. The number of ether oxygens (including phenoxy) is 1. The molecule has 0 saturated heterocycles. The van der Waals surface area contributed by atoms with E-state index in [-0.39, 0.29) is 0 Å². The predicted molar refractivity (Wildman–Crippen MR) is 69.9 cm³/mol. The number of nitrogen functional groups attached to an aromatic ring is 1. The molecule has 3 rings (SSSR count). The smallest absolute Gasteiger partial charge is 0.170 e. The standard InChI is InChI=1S/C13H9ClN2O2/c14-10-6-8(15)4-5-13(10)17-11-2-1-3-12-9(11)7-16-18-12/h1-7H,15H2. The lowest BCUT2D eigenvalue weighted by Gasteiger charge is -2.08. The first kappa shape index (κ1) is 10.9. The maximum absolute atomic E-state index is 6.06. The second-order valence-electron chi connectivity index (χ2n) is 3.79. The van der Waals surface area contributed by atoms with Crippen LogP contribution in [0.1, 0.15) is 0 Å². The van der Waals surface area contributed by atoms with Gasteiger partial charge in [-0.1, -0.05) is 22.8 Å². The molecule has 0 atom stereocenters. The Hall–Kier alpha value is -2.20. The van der Waals surface area contributed by atoms with Crippen LogP contribution in [0.4, 0.5) is 5.69 Å². The number of anilines is 1. The Morgan fingerprint density at radius 2 is 2.06 bits per heavy atom. The molecular weight excluding hydrogens is 252 g/mol. The first-order valence-corrected chi connectivity index (χ1v) is 5.68. The summed E-state index contributed by atoms with van der Waals surface area (Å²) in [6.45, 7) is 0. The molecule has 90 valence electrons. The molecule has 0 unspecified atom stereocenters. The van der Waals surface area contributed by atoms with Gasteiger partial charge in [-0.05, 0) is 30.3 Å². The van der Waals surface area contributed by atoms with Gasteiger partial charge in [0.05, 0.1) is 16.6 Å². The molecule has 3 aromatic rings. The van der Waals surface area contributed by atoms with Gasteiger partial charge in [0.2, 0.25) is 0 Å². The Labute approximate surface area is 108 Å². The molecule has 2 N–H and O–H groups in total. The molecule has 2 aromatic carbocycles. The third-order valence-corrected chi connectivity index (χ3v) is 2.83. The molecule has 5 heteroatoms. The fraction of sp³-hybridized carbons (Fsp3) is 0. The van der Waals surface area contributed by atoms with Crippen LogP contribution in [0.3, 0.4) is 0 Å². The topological polar surface area (TPSA) is 61.3 Å². The van der Waals surface area contributed by atoms with E-state index in [1.807, 2.05) is 18.2 Å². The highest BCUT2D eigenvalue weighted by Crippen LogP contribution is 2.34. The SMILES string of the molecule is Nc1ccc(Oc2cccc3oncc23)c(Cl)c1. The lowest BCUT2D eigenvalue weighted by atomic mass is 10.2. The number of benzene rings is 2. The molecule has 0 saturated carbocycles. The van der Waals surface area contributed by atoms with Gasteiger partial charge in [-0.2, -0.15) is 0 Å². The second kappa shape index (κ2) is 4.23. The number of nitrogens with zero attached hydrogens (tertiary/aromatic N) is 1. The lowest BCUT2D eigenvalue weighted by Crippen LogP contribution is -1.88. The summed E-state index contributed by atoms with van der Waals surface area (Å²) in [7, 11) is 0. The van der Waals surface area contributed by atoms with Crippen molar-refractivity contribution in [3.8, 4) is 11.5 Å². The molecule has 1 heterocycles. The fourth-order valence-corrected chi connectivity index (χ4v) is 1.90. The molecule has 18 heavy (non-hydrogen) atoms. The van der Waals surface area contributed by atoms with Crippen molar-refractivity contribution in [2.75, 3.05) is 5.73 Å². The number of hydrogen-bond donors (Lipinski definition) is 1. The number of nitrogens with two attached hydrogens (primary N) is 1. The van der Waals surface area contributed by atoms with Crippen LogP contribution in [0.25, 0.3) is 11.0 Å². The van der Waals surface area contributed by atoms with Crippen LogP contribution in [0.2, 0.25) is 5.02 Å². The Bertz CT molecular complexity index is 709. The maximum Gasteiger partial charge on any atom is 0.170 e. The van der Waals surface area contributed by atoms with Gasteiger partial charge in [0.1, 0.15) is 11.5 Å². The van der Waals surface area contributed by atoms with E-state index in [9.17, 15) is 0 Å². The molecule has 1 aromatic heterocycles. The molecule has 0 radical (unpaired) electrons. The van der Waals surface area contributed by atoms with Crippen LogP contribution < -0.4 is 10.5 Å². The van der Waals surface area contributed by atoms with Crippen LogP contribution in [0.15, 0.2) is 47.1 Å². The summed E-state index contributed by atoms with van der Waals surface area (Å²) in [6, 6.07) is 10.6. The van der Waals surface area contributed by atoms with Crippen LogP contribution in [-0.2, 0) is 0 Å². The van der Waals surface area contributed by atoms with E-state index in [0.717, 1.165) is 5.39 Å². The molecule has 4 nitrogen and oxygen atoms in total. The quantitative estimate of drug-likeness (QED) is 0.711. The first-order valence-electron chi connectivity index (χ1n) is 5.30. The Morgan fingerprint density at radius 3 is 2.89 bits per heavy atom. The van der Waals surface area contributed by atoms with Crippen molar-refractivity contribution < 1.29 is 9.26 Å². The van der Waals surface area contributed by atoms with Gasteiger partial charge >= 0.3 is 0 Å². The van der Waals surface area contributed by atoms with Crippen molar-refractivity contribution >= 4 is 28.3 Å². The van der Waals surface area contributed by atoms with E-state index in [1.165, 1.54) is 0 Å². The third kappa shape index (κ3) is 1.87. The fourth-order valence-electron chi connectivity index (χ4n) is 1.67. The van der Waals surface area contributed by atoms with Gasteiger partial charge < -0.3 is 15.0 Å². The molecule has 0 aliphatic rings. The van der Waals surface area contributed by atoms with E-state index in [0.29, 0.717) is 27.8 Å². The average Bonchev–Trinajstić information content (AvgIpc) is 2.82. The van der Waals surface area contributed by atoms with Crippen LogP contribution in [0.5, 0.6) is 11.5 Å². The number of fused-ring (bicyclic) bond motifs is 1. The van der Waals surface area contributed by atoms with Crippen molar-refractivity contribution in [2.24, 2.45) is 0 Å². The summed E-state index contributed by atoms with van der Waals surface area (Å²) >= 11 is 6.06. The number of halogens is 1. The number of rotatable bonds is 2. The summed E-state index contributed by atoms with van der Waals surface area (Å²) < 4.78 is 10.8. The van der Waals surface area contributed by atoms with Gasteiger partial charge in [0.25, 0.3) is 0 Å². The molecular formula is C13H9ClN2O2. The summed E-state index contributed by atoms with van der Waals surface area (Å²) in [5.41, 5.74) is 6.89.